The number of carboxylic acid groups (broad SMARTS) is 1. The maximum absolute atomic E-state index is 10.3. The Balaban J connectivity index is 3.08. The van der Waals surface area contributed by atoms with Gasteiger partial charge in [-0.1, -0.05) is 0 Å². The highest BCUT2D eigenvalue weighted by atomic mass is 32.1. The van der Waals surface area contributed by atoms with Gasteiger partial charge in [-0.15, -0.1) is 0 Å². The molecule has 0 saturated carbocycles. The van der Waals surface area contributed by atoms with Crippen LogP contribution in [0, 0.1) is 6.92 Å². The van der Waals surface area contributed by atoms with Crippen LogP contribution < -0.4 is 0 Å². The summed E-state index contributed by atoms with van der Waals surface area (Å²) >= 11 is 1.01. The van der Waals surface area contributed by atoms with Gasteiger partial charge >= 0.3 is 5.97 Å². The van der Waals surface area contributed by atoms with E-state index in [2.05, 4.69) is 4.37 Å². The van der Waals surface area contributed by atoms with E-state index in [1.165, 1.54) is 0 Å². The summed E-state index contributed by atoms with van der Waals surface area (Å²) in [6.45, 7) is 1.73. The molecule has 9 heavy (non-hydrogen) atoms. The van der Waals surface area contributed by atoms with Gasteiger partial charge in [0.25, 0.3) is 0 Å². The third-order valence-corrected chi connectivity index (χ3v) is 1.83. The van der Waals surface area contributed by atoms with Gasteiger partial charge in [0.1, 0.15) is 4.88 Å². The van der Waals surface area contributed by atoms with E-state index in [0.29, 0.717) is 4.88 Å². The minimum atomic E-state index is -0.894. The Hall–Kier alpha value is -0.900. The lowest BCUT2D eigenvalue weighted by molar-refractivity contribution is 0.0701. The molecule has 0 fully saturated rings. The molecule has 1 aromatic heterocycles. The van der Waals surface area contributed by atoms with E-state index in [-0.39, 0.29) is 0 Å². The van der Waals surface area contributed by atoms with Crippen molar-refractivity contribution >= 4 is 17.5 Å². The van der Waals surface area contributed by atoms with E-state index in [9.17, 15) is 4.79 Å². The number of aromatic nitrogens is 1. The molecule has 1 rings (SSSR count). The Bertz CT molecular complexity index is 231. The number of aromatic carboxylic acids is 1. The fourth-order valence-corrected chi connectivity index (χ4v) is 1.09. The molecule has 48 valence electrons. The van der Waals surface area contributed by atoms with Crippen molar-refractivity contribution in [2.45, 2.75) is 6.92 Å². The molecule has 1 N–H and O–H groups in total. The Morgan fingerprint density at radius 3 is 2.78 bits per heavy atom. The summed E-state index contributed by atoms with van der Waals surface area (Å²) in [4.78, 5) is 10.6. The zero-order chi connectivity index (χ0) is 6.85. The number of aryl methyl sites for hydroxylation is 1. The van der Waals surface area contributed by atoms with Crippen LogP contribution in [0.3, 0.4) is 0 Å². The van der Waals surface area contributed by atoms with Gasteiger partial charge in [0.15, 0.2) is 0 Å². The molecule has 0 bridgehead atoms. The molecule has 1 aromatic rings. The third kappa shape index (κ3) is 1.08. The number of rotatable bonds is 1. The minimum Gasteiger partial charge on any atom is -0.477 e. The van der Waals surface area contributed by atoms with E-state index in [4.69, 9.17) is 5.11 Å². The standard InChI is InChI=1S/C5H5NO2S/c1-3-2-6-9-4(3)5(7)8/h2H,1H3,(H,7,8). The lowest BCUT2D eigenvalue weighted by Gasteiger charge is -1.84. The van der Waals surface area contributed by atoms with Crippen LogP contribution in [0.15, 0.2) is 6.20 Å². The molecule has 0 amide bonds. The van der Waals surface area contributed by atoms with Crippen molar-refractivity contribution < 1.29 is 9.90 Å². The summed E-state index contributed by atoms with van der Waals surface area (Å²) < 4.78 is 3.70. The molecule has 0 aliphatic carbocycles. The van der Waals surface area contributed by atoms with E-state index < -0.39 is 5.97 Å². The highest BCUT2D eigenvalue weighted by Crippen LogP contribution is 2.10. The molecular formula is C5H5NO2S. The van der Waals surface area contributed by atoms with Gasteiger partial charge in [-0.3, -0.25) is 0 Å². The maximum atomic E-state index is 10.3. The van der Waals surface area contributed by atoms with E-state index in [1.807, 2.05) is 0 Å². The number of carbonyl (C=O) groups is 1. The average Bonchev–Trinajstić information content (AvgIpc) is 2.13. The first-order chi connectivity index (χ1) is 4.22. The van der Waals surface area contributed by atoms with Crippen molar-refractivity contribution in [3.63, 3.8) is 0 Å². The minimum absolute atomic E-state index is 0.329. The molecule has 0 atom stereocenters. The molecule has 0 spiro atoms. The highest BCUT2D eigenvalue weighted by Gasteiger charge is 2.07. The van der Waals surface area contributed by atoms with Crippen LogP contribution in [-0.2, 0) is 0 Å². The molecule has 1 heterocycles. The number of hydrogen-bond acceptors (Lipinski definition) is 3. The third-order valence-electron chi connectivity index (χ3n) is 0.943. The Morgan fingerprint density at radius 1 is 1.89 bits per heavy atom. The van der Waals surface area contributed by atoms with Crippen LogP contribution in [0.5, 0.6) is 0 Å². The first-order valence-electron chi connectivity index (χ1n) is 2.36. The zero-order valence-electron chi connectivity index (χ0n) is 4.79. The van der Waals surface area contributed by atoms with Crippen molar-refractivity contribution in [1.29, 1.82) is 0 Å². The first-order valence-corrected chi connectivity index (χ1v) is 3.13. The summed E-state index contributed by atoms with van der Waals surface area (Å²) in [5, 5.41) is 8.42. The molecule has 0 radical (unpaired) electrons. The Kier molecular flexibility index (Phi) is 1.48. The molecule has 4 heteroatoms. The van der Waals surface area contributed by atoms with E-state index in [0.717, 1.165) is 17.1 Å². The van der Waals surface area contributed by atoms with Gasteiger partial charge < -0.3 is 5.11 Å². The monoisotopic (exact) mass is 143 g/mol. The summed E-state index contributed by atoms with van der Waals surface area (Å²) in [6, 6.07) is 0. The Labute approximate surface area is 56.1 Å². The second-order valence-corrected chi connectivity index (χ2v) is 2.44. The summed E-state index contributed by atoms with van der Waals surface area (Å²) in [5.41, 5.74) is 0.729. The fraction of sp³-hybridized carbons (Fsp3) is 0.200. The van der Waals surface area contributed by atoms with Gasteiger partial charge in [-0.2, -0.15) is 0 Å². The van der Waals surface area contributed by atoms with Gasteiger partial charge in [-0.05, 0) is 24.0 Å². The first kappa shape index (κ1) is 6.22. The molecule has 0 aliphatic heterocycles. The molecule has 0 aliphatic rings. The number of carboxylic acids is 1. The fourth-order valence-electron chi connectivity index (χ4n) is 0.496. The molecular weight excluding hydrogens is 138 g/mol. The zero-order valence-corrected chi connectivity index (χ0v) is 5.60. The van der Waals surface area contributed by atoms with Crippen molar-refractivity contribution in [1.82, 2.24) is 4.37 Å². The van der Waals surface area contributed by atoms with Crippen LogP contribution in [0.1, 0.15) is 15.2 Å². The Morgan fingerprint density at radius 2 is 2.56 bits per heavy atom. The second kappa shape index (κ2) is 2.14. The largest absolute Gasteiger partial charge is 0.477 e. The normalized spacial score (nSPS) is 9.44. The van der Waals surface area contributed by atoms with Crippen LogP contribution in [-0.4, -0.2) is 15.4 Å². The van der Waals surface area contributed by atoms with Gasteiger partial charge in [0.2, 0.25) is 0 Å². The van der Waals surface area contributed by atoms with Crippen LogP contribution in [0.4, 0.5) is 0 Å². The van der Waals surface area contributed by atoms with Crippen molar-refractivity contribution in [3.05, 3.63) is 16.6 Å². The highest BCUT2D eigenvalue weighted by molar-refractivity contribution is 7.08. The lowest BCUT2D eigenvalue weighted by Crippen LogP contribution is -1.93. The predicted molar refractivity (Wildman–Crippen MR) is 33.8 cm³/mol. The van der Waals surface area contributed by atoms with Crippen LogP contribution >= 0.6 is 11.5 Å². The summed E-state index contributed by atoms with van der Waals surface area (Å²) in [6.07, 6.45) is 1.55. The van der Waals surface area contributed by atoms with Crippen molar-refractivity contribution in [2.24, 2.45) is 0 Å². The number of hydrogen-bond donors (Lipinski definition) is 1. The van der Waals surface area contributed by atoms with E-state index in [1.54, 1.807) is 13.1 Å². The number of nitrogens with zero attached hydrogens (tertiary/aromatic N) is 1. The molecule has 0 saturated heterocycles. The molecule has 0 unspecified atom stereocenters. The second-order valence-electron chi connectivity index (χ2n) is 1.64. The van der Waals surface area contributed by atoms with Crippen molar-refractivity contribution in [2.75, 3.05) is 0 Å². The summed E-state index contributed by atoms with van der Waals surface area (Å²) in [7, 11) is 0. The lowest BCUT2D eigenvalue weighted by atomic mass is 10.3. The van der Waals surface area contributed by atoms with Crippen LogP contribution in [0.2, 0.25) is 0 Å². The smallest absolute Gasteiger partial charge is 0.347 e. The van der Waals surface area contributed by atoms with Gasteiger partial charge in [0.05, 0.1) is 0 Å². The SMILES string of the molecule is Cc1cnsc1C(=O)O. The van der Waals surface area contributed by atoms with Crippen LogP contribution in [0.25, 0.3) is 0 Å². The van der Waals surface area contributed by atoms with Gasteiger partial charge in [-0.25, -0.2) is 9.17 Å². The topological polar surface area (TPSA) is 50.2 Å². The quantitative estimate of drug-likeness (QED) is 0.641. The van der Waals surface area contributed by atoms with Gasteiger partial charge in [0, 0.05) is 6.20 Å². The summed E-state index contributed by atoms with van der Waals surface area (Å²) in [5.74, 6) is -0.894. The van der Waals surface area contributed by atoms with E-state index >= 15 is 0 Å². The molecule has 3 nitrogen and oxygen atoms in total. The van der Waals surface area contributed by atoms with Crippen molar-refractivity contribution in [3.8, 4) is 0 Å². The average molecular weight is 143 g/mol. The predicted octanol–water partition coefficient (Wildman–Crippen LogP) is 1.15. The maximum Gasteiger partial charge on any atom is 0.347 e. The molecule has 0 aromatic carbocycles.